The van der Waals surface area contributed by atoms with Crippen molar-refractivity contribution < 1.29 is 19.4 Å². The zero-order valence-electron chi connectivity index (χ0n) is 11.9. The van der Waals surface area contributed by atoms with Gasteiger partial charge in [-0.05, 0) is 12.0 Å². The van der Waals surface area contributed by atoms with Gasteiger partial charge in [-0.25, -0.2) is 4.79 Å². The summed E-state index contributed by atoms with van der Waals surface area (Å²) in [6, 6.07) is 8.21. The van der Waals surface area contributed by atoms with Crippen LogP contribution in [0, 0.1) is 0 Å². The highest BCUT2D eigenvalue weighted by Gasteiger charge is 2.31. The average molecular weight is 292 g/mol. The molecule has 3 unspecified atom stereocenters. The molecule has 21 heavy (non-hydrogen) atoms. The number of esters is 1. The number of amides is 1. The fraction of sp³-hybridized carbons (Fsp3) is 0.467. The van der Waals surface area contributed by atoms with E-state index in [1.165, 1.54) is 7.11 Å². The third kappa shape index (κ3) is 4.27. The number of methoxy groups -OCH3 is 1. The van der Waals surface area contributed by atoms with Crippen molar-refractivity contribution in [3.05, 3.63) is 35.9 Å². The predicted octanol–water partition coefficient (Wildman–Crippen LogP) is -0.390. The highest BCUT2D eigenvalue weighted by molar-refractivity contribution is 5.87. The van der Waals surface area contributed by atoms with Gasteiger partial charge >= 0.3 is 5.97 Å². The molecule has 1 heterocycles. The number of aliphatic hydroxyl groups excluding tert-OH is 1. The van der Waals surface area contributed by atoms with E-state index < -0.39 is 24.2 Å². The van der Waals surface area contributed by atoms with Crippen molar-refractivity contribution in [1.29, 1.82) is 0 Å². The van der Waals surface area contributed by atoms with E-state index in [4.69, 9.17) is 4.74 Å². The number of rotatable bonds is 5. The lowest BCUT2D eigenvalue weighted by atomic mass is 10.1. The summed E-state index contributed by atoms with van der Waals surface area (Å²) in [7, 11) is 1.30. The first kappa shape index (κ1) is 15.5. The largest absolute Gasteiger partial charge is 0.467 e. The molecule has 0 aromatic heterocycles. The summed E-state index contributed by atoms with van der Waals surface area (Å²) in [6.45, 7) is 0.389. The van der Waals surface area contributed by atoms with Gasteiger partial charge in [0.25, 0.3) is 0 Å². The summed E-state index contributed by atoms with van der Waals surface area (Å²) >= 11 is 0. The Bertz CT molecular complexity index is 492. The number of carbonyl (C=O) groups excluding carboxylic acids is 2. The summed E-state index contributed by atoms with van der Waals surface area (Å²) in [6.07, 6.45) is 0.200. The van der Waals surface area contributed by atoms with Crippen molar-refractivity contribution in [3.8, 4) is 0 Å². The minimum absolute atomic E-state index is 0.294. The van der Waals surface area contributed by atoms with Crippen LogP contribution in [0.4, 0.5) is 0 Å². The Morgan fingerprint density at radius 1 is 1.43 bits per heavy atom. The van der Waals surface area contributed by atoms with Crippen LogP contribution in [0.25, 0.3) is 0 Å². The molecule has 0 bridgehead atoms. The van der Waals surface area contributed by atoms with E-state index in [0.29, 0.717) is 19.4 Å². The highest BCUT2D eigenvalue weighted by atomic mass is 16.5. The quantitative estimate of drug-likeness (QED) is 0.643. The van der Waals surface area contributed by atoms with Crippen molar-refractivity contribution >= 4 is 11.9 Å². The monoisotopic (exact) mass is 292 g/mol. The predicted molar refractivity (Wildman–Crippen MR) is 76.5 cm³/mol. The average Bonchev–Trinajstić information content (AvgIpc) is 2.93. The number of aliphatic hydroxyl groups is 1. The van der Waals surface area contributed by atoms with Gasteiger partial charge < -0.3 is 20.5 Å². The van der Waals surface area contributed by atoms with Crippen molar-refractivity contribution in [1.82, 2.24) is 10.6 Å². The highest BCUT2D eigenvalue weighted by Crippen LogP contribution is 2.09. The summed E-state index contributed by atoms with van der Waals surface area (Å²) in [4.78, 5) is 23.9. The molecule has 6 heteroatoms. The molecule has 1 aromatic carbocycles. The summed E-state index contributed by atoms with van der Waals surface area (Å²) < 4.78 is 4.75. The Labute approximate surface area is 123 Å². The standard InChI is InChI=1S/C15H20N2O4/c1-21-15(20)13(7-10-5-3-2-4-6-10)17-14(19)12-8-11(18)9-16-12/h2-6,11-13,16,18H,7-9H2,1H3,(H,17,19). The Morgan fingerprint density at radius 3 is 2.71 bits per heavy atom. The molecule has 0 aliphatic carbocycles. The molecule has 1 aliphatic rings. The van der Waals surface area contributed by atoms with Crippen LogP contribution >= 0.6 is 0 Å². The van der Waals surface area contributed by atoms with E-state index >= 15 is 0 Å². The van der Waals surface area contributed by atoms with Gasteiger partial charge in [0.2, 0.25) is 5.91 Å². The number of β-amino-alcohol motifs (C(OH)–C–C–N with tert-alkyl or cyclic N) is 1. The van der Waals surface area contributed by atoms with Gasteiger partial charge in [-0.1, -0.05) is 30.3 Å². The zero-order valence-corrected chi connectivity index (χ0v) is 11.9. The molecule has 6 nitrogen and oxygen atoms in total. The molecule has 0 spiro atoms. The normalized spacial score (nSPS) is 22.6. The SMILES string of the molecule is COC(=O)C(Cc1ccccc1)NC(=O)C1CC(O)CN1. The van der Waals surface area contributed by atoms with Crippen molar-refractivity contribution in [3.63, 3.8) is 0 Å². The van der Waals surface area contributed by atoms with Crippen LogP contribution in [0.2, 0.25) is 0 Å². The number of carbonyl (C=O) groups is 2. The number of ether oxygens (including phenoxy) is 1. The van der Waals surface area contributed by atoms with Crippen LogP contribution in [0.3, 0.4) is 0 Å². The van der Waals surface area contributed by atoms with Crippen LogP contribution in [-0.2, 0) is 20.7 Å². The first-order chi connectivity index (χ1) is 10.1. The van der Waals surface area contributed by atoms with Crippen molar-refractivity contribution in [2.24, 2.45) is 0 Å². The molecule has 1 aliphatic heterocycles. The smallest absolute Gasteiger partial charge is 0.328 e. The van der Waals surface area contributed by atoms with E-state index in [-0.39, 0.29) is 5.91 Å². The summed E-state index contributed by atoms with van der Waals surface area (Å²) in [5.74, 6) is -0.774. The lowest BCUT2D eigenvalue weighted by molar-refractivity contribution is -0.145. The van der Waals surface area contributed by atoms with Gasteiger partial charge in [-0.3, -0.25) is 4.79 Å². The number of hydrogen-bond acceptors (Lipinski definition) is 5. The second-order valence-electron chi connectivity index (χ2n) is 5.12. The molecule has 1 amide bonds. The van der Waals surface area contributed by atoms with E-state index in [9.17, 15) is 14.7 Å². The first-order valence-electron chi connectivity index (χ1n) is 6.93. The second-order valence-corrected chi connectivity index (χ2v) is 5.12. The Morgan fingerprint density at radius 2 is 2.14 bits per heavy atom. The maximum atomic E-state index is 12.1. The summed E-state index contributed by atoms with van der Waals surface area (Å²) in [5, 5.41) is 15.0. The number of hydrogen-bond donors (Lipinski definition) is 3. The lowest BCUT2D eigenvalue weighted by Gasteiger charge is -2.19. The Kier molecular flexibility index (Phi) is 5.30. The lowest BCUT2D eigenvalue weighted by Crippen LogP contribution is -2.49. The van der Waals surface area contributed by atoms with Crippen LogP contribution in [-0.4, -0.2) is 48.8 Å². The van der Waals surface area contributed by atoms with Crippen LogP contribution < -0.4 is 10.6 Å². The number of benzene rings is 1. The third-order valence-corrected chi connectivity index (χ3v) is 3.51. The molecular weight excluding hydrogens is 272 g/mol. The minimum atomic E-state index is -0.732. The summed E-state index contributed by atoms with van der Waals surface area (Å²) in [5.41, 5.74) is 0.938. The molecule has 0 saturated carbocycles. The van der Waals surface area contributed by atoms with E-state index in [2.05, 4.69) is 10.6 Å². The molecule has 1 saturated heterocycles. The fourth-order valence-corrected chi connectivity index (χ4v) is 2.37. The van der Waals surface area contributed by atoms with Crippen LogP contribution in [0.5, 0.6) is 0 Å². The van der Waals surface area contributed by atoms with Crippen LogP contribution in [0.15, 0.2) is 30.3 Å². The van der Waals surface area contributed by atoms with Crippen molar-refractivity contribution in [2.45, 2.75) is 31.0 Å². The second kappa shape index (κ2) is 7.19. The van der Waals surface area contributed by atoms with E-state index in [0.717, 1.165) is 5.56 Å². The molecule has 3 atom stereocenters. The van der Waals surface area contributed by atoms with Gasteiger partial charge in [0, 0.05) is 13.0 Å². The van der Waals surface area contributed by atoms with Gasteiger partial charge in [-0.15, -0.1) is 0 Å². The molecular formula is C15H20N2O4. The third-order valence-electron chi connectivity index (χ3n) is 3.51. The Balaban J connectivity index is 1.99. The molecule has 1 aromatic rings. The minimum Gasteiger partial charge on any atom is -0.467 e. The van der Waals surface area contributed by atoms with Crippen molar-refractivity contribution in [2.75, 3.05) is 13.7 Å². The molecule has 3 N–H and O–H groups in total. The van der Waals surface area contributed by atoms with E-state index in [1.54, 1.807) is 0 Å². The maximum Gasteiger partial charge on any atom is 0.328 e. The van der Waals surface area contributed by atoms with Crippen LogP contribution in [0.1, 0.15) is 12.0 Å². The number of nitrogens with one attached hydrogen (secondary N) is 2. The van der Waals surface area contributed by atoms with Gasteiger partial charge in [0.15, 0.2) is 0 Å². The first-order valence-corrected chi connectivity index (χ1v) is 6.93. The Hall–Kier alpha value is -1.92. The molecule has 0 radical (unpaired) electrons. The van der Waals surface area contributed by atoms with Gasteiger partial charge in [0.05, 0.1) is 19.3 Å². The van der Waals surface area contributed by atoms with Gasteiger partial charge in [-0.2, -0.15) is 0 Å². The molecule has 2 rings (SSSR count). The zero-order chi connectivity index (χ0) is 15.2. The topological polar surface area (TPSA) is 87.7 Å². The van der Waals surface area contributed by atoms with Gasteiger partial charge in [0.1, 0.15) is 6.04 Å². The maximum absolute atomic E-state index is 12.1. The molecule has 1 fully saturated rings. The van der Waals surface area contributed by atoms with E-state index in [1.807, 2.05) is 30.3 Å². The fourth-order valence-electron chi connectivity index (χ4n) is 2.37. The molecule has 114 valence electrons.